The number of halogens is 1. The van der Waals surface area contributed by atoms with Crippen LogP contribution in [0.1, 0.15) is 23.0 Å². The Labute approximate surface area is 120 Å². The van der Waals surface area contributed by atoms with Crippen molar-refractivity contribution in [2.45, 2.75) is 13.8 Å². The first-order valence-electron chi connectivity index (χ1n) is 6.18. The van der Waals surface area contributed by atoms with E-state index in [9.17, 15) is 4.79 Å². The second-order valence-corrected chi connectivity index (χ2v) is 5.07. The minimum absolute atomic E-state index is 0.204. The lowest BCUT2D eigenvalue weighted by atomic mass is 10.1. The molecule has 0 bridgehead atoms. The molecular weight excluding hydrogens is 310 g/mol. The summed E-state index contributed by atoms with van der Waals surface area (Å²) in [5.41, 5.74) is 1.57. The SMILES string of the molecule is CCOCCNC(=O)c1oc2ccc(Br)cc2c1C. The maximum Gasteiger partial charge on any atom is 0.287 e. The van der Waals surface area contributed by atoms with E-state index in [1.807, 2.05) is 32.0 Å². The molecule has 5 heteroatoms. The molecule has 0 saturated heterocycles. The third-order valence-corrected chi connectivity index (χ3v) is 3.33. The molecule has 0 fully saturated rings. The highest BCUT2D eigenvalue weighted by atomic mass is 79.9. The van der Waals surface area contributed by atoms with Gasteiger partial charge in [-0.2, -0.15) is 0 Å². The molecule has 1 aromatic heterocycles. The van der Waals surface area contributed by atoms with Crippen molar-refractivity contribution in [2.75, 3.05) is 19.8 Å². The fourth-order valence-electron chi connectivity index (χ4n) is 1.87. The van der Waals surface area contributed by atoms with Gasteiger partial charge < -0.3 is 14.5 Å². The third-order valence-electron chi connectivity index (χ3n) is 2.84. The first kappa shape index (κ1) is 14.1. The van der Waals surface area contributed by atoms with E-state index >= 15 is 0 Å². The summed E-state index contributed by atoms with van der Waals surface area (Å²) in [7, 11) is 0. The molecule has 0 atom stereocenters. The van der Waals surface area contributed by atoms with E-state index < -0.39 is 0 Å². The van der Waals surface area contributed by atoms with Crippen LogP contribution < -0.4 is 5.32 Å². The number of rotatable bonds is 5. The van der Waals surface area contributed by atoms with Crippen molar-refractivity contribution in [1.82, 2.24) is 5.32 Å². The van der Waals surface area contributed by atoms with E-state index in [-0.39, 0.29) is 5.91 Å². The van der Waals surface area contributed by atoms with Crippen LogP contribution >= 0.6 is 15.9 Å². The molecule has 0 unspecified atom stereocenters. The standard InChI is InChI=1S/C14H16BrNO3/c1-3-18-7-6-16-14(17)13-9(2)11-8-10(15)4-5-12(11)19-13/h4-5,8H,3,6-7H2,1-2H3,(H,16,17). The maximum atomic E-state index is 12.0. The first-order chi connectivity index (χ1) is 9.13. The Balaban J connectivity index is 2.16. The fraction of sp³-hybridized carbons (Fsp3) is 0.357. The highest BCUT2D eigenvalue weighted by molar-refractivity contribution is 9.10. The maximum absolute atomic E-state index is 12.0. The van der Waals surface area contributed by atoms with Crippen LogP contribution in [0.4, 0.5) is 0 Å². The molecule has 1 N–H and O–H groups in total. The van der Waals surface area contributed by atoms with Crippen LogP contribution in [0, 0.1) is 6.92 Å². The molecule has 0 radical (unpaired) electrons. The molecule has 1 heterocycles. The molecule has 1 amide bonds. The van der Waals surface area contributed by atoms with Crippen LogP contribution in [0.5, 0.6) is 0 Å². The van der Waals surface area contributed by atoms with Crippen LogP contribution in [0.15, 0.2) is 27.1 Å². The molecule has 0 saturated carbocycles. The lowest BCUT2D eigenvalue weighted by molar-refractivity contribution is 0.0897. The number of amides is 1. The molecule has 0 aliphatic carbocycles. The molecule has 0 aliphatic rings. The summed E-state index contributed by atoms with van der Waals surface area (Å²) in [4.78, 5) is 12.0. The number of carbonyl (C=O) groups is 1. The predicted molar refractivity (Wildman–Crippen MR) is 77.5 cm³/mol. The largest absolute Gasteiger partial charge is 0.451 e. The quantitative estimate of drug-likeness (QED) is 0.858. The fourth-order valence-corrected chi connectivity index (χ4v) is 2.23. The van der Waals surface area contributed by atoms with E-state index in [1.54, 1.807) is 0 Å². The van der Waals surface area contributed by atoms with Crippen LogP contribution in [0.3, 0.4) is 0 Å². The van der Waals surface area contributed by atoms with Gasteiger partial charge in [0, 0.05) is 28.6 Å². The van der Waals surface area contributed by atoms with Crippen LogP contribution in [0.2, 0.25) is 0 Å². The average molecular weight is 326 g/mol. The third kappa shape index (κ3) is 3.16. The minimum Gasteiger partial charge on any atom is -0.451 e. The number of hydrogen-bond donors (Lipinski definition) is 1. The number of benzene rings is 1. The number of fused-ring (bicyclic) bond motifs is 1. The number of hydrogen-bond acceptors (Lipinski definition) is 3. The molecule has 1 aromatic carbocycles. The van der Waals surface area contributed by atoms with Gasteiger partial charge >= 0.3 is 0 Å². The first-order valence-corrected chi connectivity index (χ1v) is 6.97. The Kier molecular flexibility index (Phi) is 4.61. The number of ether oxygens (including phenoxy) is 1. The lowest BCUT2D eigenvalue weighted by Gasteiger charge is -2.03. The zero-order chi connectivity index (χ0) is 13.8. The van der Waals surface area contributed by atoms with Crippen LogP contribution in [-0.2, 0) is 4.74 Å². The predicted octanol–water partition coefficient (Wildman–Crippen LogP) is 3.27. The summed E-state index contributed by atoms with van der Waals surface area (Å²) in [5, 5.41) is 3.73. The Morgan fingerprint density at radius 3 is 3.00 bits per heavy atom. The smallest absolute Gasteiger partial charge is 0.287 e. The van der Waals surface area contributed by atoms with Crippen molar-refractivity contribution in [2.24, 2.45) is 0 Å². The van der Waals surface area contributed by atoms with Crippen LogP contribution in [-0.4, -0.2) is 25.7 Å². The zero-order valence-electron chi connectivity index (χ0n) is 11.0. The number of nitrogens with one attached hydrogen (secondary N) is 1. The minimum atomic E-state index is -0.204. The Hall–Kier alpha value is -1.33. The number of carbonyl (C=O) groups excluding carboxylic acids is 1. The van der Waals surface area contributed by atoms with E-state index in [0.717, 1.165) is 21.0 Å². The topological polar surface area (TPSA) is 51.5 Å². The highest BCUT2D eigenvalue weighted by Crippen LogP contribution is 2.27. The van der Waals surface area contributed by atoms with Crippen LogP contribution in [0.25, 0.3) is 11.0 Å². The second kappa shape index (κ2) is 6.21. The van der Waals surface area contributed by atoms with E-state index in [1.165, 1.54) is 0 Å². The van der Waals surface area contributed by atoms with E-state index in [4.69, 9.17) is 9.15 Å². The Morgan fingerprint density at radius 2 is 2.26 bits per heavy atom. The van der Waals surface area contributed by atoms with Crippen molar-refractivity contribution in [3.05, 3.63) is 34.0 Å². The van der Waals surface area contributed by atoms with Gasteiger partial charge in [-0.3, -0.25) is 4.79 Å². The van der Waals surface area contributed by atoms with Gasteiger partial charge in [-0.05, 0) is 32.0 Å². The Bertz CT molecular complexity index is 592. The van der Waals surface area contributed by atoms with Gasteiger partial charge in [0.05, 0.1) is 6.61 Å². The van der Waals surface area contributed by atoms with Crippen molar-refractivity contribution < 1.29 is 13.9 Å². The van der Waals surface area contributed by atoms with E-state index in [2.05, 4.69) is 21.2 Å². The van der Waals surface area contributed by atoms with Gasteiger partial charge in [0.1, 0.15) is 5.58 Å². The summed E-state index contributed by atoms with van der Waals surface area (Å²) in [6.45, 7) is 5.44. The van der Waals surface area contributed by atoms with Gasteiger partial charge in [0.15, 0.2) is 5.76 Å². The summed E-state index contributed by atoms with van der Waals surface area (Å²) < 4.78 is 11.7. The zero-order valence-corrected chi connectivity index (χ0v) is 12.5. The van der Waals surface area contributed by atoms with Gasteiger partial charge in [-0.25, -0.2) is 0 Å². The van der Waals surface area contributed by atoms with Gasteiger partial charge in [-0.1, -0.05) is 15.9 Å². The molecular formula is C14H16BrNO3. The second-order valence-electron chi connectivity index (χ2n) is 4.15. The van der Waals surface area contributed by atoms with Crippen molar-refractivity contribution >= 4 is 32.8 Å². The summed E-state index contributed by atoms with van der Waals surface area (Å²) >= 11 is 3.41. The molecule has 2 aromatic rings. The van der Waals surface area contributed by atoms with Crippen molar-refractivity contribution in [3.8, 4) is 0 Å². The molecule has 0 aliphatic heterocycles. The molecule has 102 valence electrons. The lowest BCUT2D eigenvalue weighted by Crippen LogP contribution is -2.27. The highest BCUT2D eigenvalue weighted by Gasteiger charge is 2.17. The van der Waals surface area contributed by atoms with Crippen molar-refractivity contribution in [3.63, 3.8) is 0 Å². The van der Waals surface area contributed by atoms with Gasteiger partial charge in [0.25, 0.3) is 5.91 Å². The molecule has 0 spiro atoms. The molecule has 19 heavy (non-hydrogen) atoms. The summed E-state index contributed by atoms with van der Waals surface area (Å²) in [5.74, 6) is 0.161. The van der Waals surface area contributed by atoms with Gasteiger partial charge in [-0.15, -0.1) is 0 Å². The monoisotopic (exact) mass is 325 g/mol. The average Bonchev–Trinajstić information content (AvgIpc) is 2.72. The normalized spacial score (nSPS) is 10.9. The Morgan fingerprint density at radius 1 is 1.47 bits per heavy atom. The summed E-state index contributed by atoms with van der Waals surface area (Å²) in [6, 6.07) is 5.69. The molecule has 4 nitrogen and oxygen atoms in total. The van der Waals surface area contributed by atoms with Crippen molar-refractivity contribution in [1.29, 1.82) is 0 Å². The van der Waals surface area contributed by atoms with E-state index in [0.29, 0.717) is 25.5 Å². The molecule has 2 rings (SSSR count). The summed E-state index contributed by atoms with van der Waals surface area (Å²) in [6.07, 6.45) is 0. The number of furan rings is 1. The number of aryl methyl sites for hydroxylation is 1. The van der Waals surface area contributed by atoms with Gasteiger partial charge in [0.2, 0.25) is 0 Å².